The van der Waals surface area contributed by atoms with E-state index >= 15 is 0 Å². The van der Waals surface area contributed by atoms with Crippen LogP contribution >= 0.6 is 0 Å². The van der Waals surface area contributed by atoms with Crippen molar-refractivity contribution in [2.24, 2.45) is 11.8 Å². The van der Waals surface area contributed by atoms with Gasteiger partial charge in [0, 0.05) is 30.4 Å². The Morgan fingerprint density at radius 1 is 1.15 bits per heavy atom. The Bertz CT molecular complexity index is 856. The fourth-order valence-electron chi connectivity index (χ4n) is 3.86. The lowest BCUT2D eigenvalue weighted by atomic mass is 9.91. The second-order valence-electron chi connectivity index (χ2n) is 7.64. The minimum absolute atomic E-state index is 0.0202. The zero-order valence-corrected chi connectivity index (χ0v) is 15.9. The first kappa shape index (κ1) is 18.9. The largest absolute Gasteiger partial charge is 0.365 e. The van der Waals surface area contributed by atoms with E-state index in [9.17, 15) is 14.9 Å². The third-order valence-electron chi connectivity index (χ3n) is 4.92. The van der Waals surface area contributed by atoms with Gasteiger partial charge < -0.3 is 10.2 Å². The van der Waals surface area contributed by atoms with Gasteiger partial charge in [0.05, 0.1) is 4.92 Å². The number of nitro benzene ring substituents is 1. The topological polar surface area (TPSA) is 75.5 Å². The fourth-order valence-corrected chi connectivity index (χ4v) is 3.86. The van der Waals surface area contributed by atoms with Crippen molar-refractivity contribution in [2.45, 2.75) is 27.2 Å². The van der Waals surface area contributed by atoms with Crippen LogP contribution in [0, 0.1) is 28.9 Å². The molecule has 2 atom stereocenters. The SMILES string of the molecule is Cc1cccc(NC(=O)c2ccc(N3C[C@H](C)C[C@H](C)C3)c([N+](=O)[O-])c2)c1. The fraction of sp³-hybridized carbons (Fsp3) is 0.381. The van der Waals surface area contributed by atoms with Gasteiger partial charge in [0.25, 0.3) is 11.6 Å². The van der Waals surface area contributed by atoms with Crippen LogP contribution in [0.4, 0.5) is 17.1 Å². The van der Waals surface area contributed by atoms with Crippen LogP contribution in [-0.4, -0.2) is 23.9 Å². The van der Waals surface area contributed by atoms with Gasteiger partial charge in [-0.2, -0.15) is 0 Å². The number of nitrogens with zero attached hydrogens (tertiary/aromatic N) is 2. The van der Waals surface area contributed by atoms with Gasteiger partial charge in [-0.3, -0.25) is 14.9 Å². The molecule has 2 aromatic rings. The number of benzene rings is 2. The summed E-state index contributed by atoms with van der Waals surface area (Å²) in [5, 5.41) is 14.5. The molecule has 27 heavy (non-hydrogen) atoms. The number of amides is 1. The minimum atomic E-state index is -0.400. The number of hydrogen-bond acceptors (Lipinski definition) is 4. The van der Waals surface area contributed by atoms with Gasteiger partial charge in [-0.05, 0) is 55.0 Å². The summed E-state index contributed by atoms with van der Waals surface area (Å²) in [6, 6.07) is 12.2. The van der Waals surface area contributed by atoms with Gasteiger partial charge in [0.2, 0.25) is 0 Å². The molecule has 1 saturated heterocycles. The lowest BCUT2D eigenvalue weighted by molar-refractivity contribution is -0.384. The summed E-state index contributed by atoms with van der Waals surface area (Å²) in [5.74, 6) is 0.617. The van der Waals surface area contributed by atoms with Gasteiger partial charge in [0.1, 0.15) is 5.69 Å². The molecule has 1 heterocycles. The van der Waals surface area contributed by atoms with Gasteiger partial charge in [-0.15, -0.1) is 0 Å². The molecule has 3 rings (SSSR count). The predicted octanol–water partition coefficient (Wildman–Crippen LogP) is 4.64. The number of carbonyl (C=O) groups is 1. The minimum Gasteiger partial charge on any atom is -0.365 e. The first-order valence-corrected chi connectivity index (χ1v) is 9.25. The molecule has 1 aliphatic rings. The smallest absolute Gasteiger partial charge is 0.293 e. The lowest BCUT2D eigenvalue weighted by Gasteiger charge is -2.36. The molecular formula is C21H25N3O3. The molecule has 6 nitrogen and oxygen atoms in total. The number of anilines is 2. The second kappa shape index (κ2) is 7.78. The van der Waals surface area contributed by atoms with Crippen molar-refractivity contribution in [3.8, 4) is 0 Å². The molecule has 1 fully saturated rings. The van der Waals surface area contributed by atoms with Gasteiger partial charge >= 0.3 is 0 Å². The number of nitro groups is 1. The molecule has 1 aliphatic heterocycles. The van der Waals surface area contributed by atoms with E-state index in [0.29, 0.717) is 23.2 Å². The summed E-state index contributed by atoms with van der Waals surface area (Å²) >= 11 is 0. The van der Waals surface area contributed by atoms with E-state index in [1.54, 1.807) is 18.2 Å². The van der Waals surface area contributed by atoms with Crippen molar-refractivity contribution >= 4 is 23.0 Å². The van der Waals surface area contributed by atoms with E-state index < -0.39 is 4.92 Å². The predicted molar refractivity (Wildman–Crippen MR) is 107 cm³/mol. The zero-order valence-electron chi connectivity index (χ0n) is 15.9. The van der Waals surface area contributed by atoms with Crippen molar-refractivity contribution in [3.63, 3.8) is 0 Å². The van der Waals surface area contributed by atoms with Crippen molar-refractivity contribution < 1.29 is 9.72 Å². The van der Waals surface area contributed by atoms with E-state index in [-0.39, 0.29) is 17.2 Å². The van der Waals surface area contributed by atoms with E-state index in [2.05, 4.69) is 24.1 Å². The van der Waals surface area contributed by atoms with E-state index in [1.165, 1.54) is 6.07 Å². The summed E-state index contributed by atoms with van der Waals surface area (Å²) in [6.45, 7) is 7.85. The van der Waals surface area contributed by atoms with Crippen LogP contribution in [0.1, 0.15) is 36.2 Å². The van der Waals surface area contributed by atoms with Gasteiger partial charge in [0.15, 0.2) is 0 Å². The Balaban J connectivity index is 1.87. The Morgan fingerprint density at radius 3 is 2.48 bits per heavy atom. The number of aryl methyl sites for hydroxylation is 1. The summed E-state index contributed by atoms with van der Waals surface area (Å²) in [5.41, 5.74) is 2.55. The summed E-state index contributed by atoms with van der Waals surface area (Å²) in [4.78, 5) is 25.9. The monoisotopic (exact) mass is 367 g/mol. The first-order valence-electron chi connectivity index (χ1n) is 9.25. The standard InChI is InChI=1S/C21H25N3O3/c1-14-5-4-6-18(10-14)22-21(25)17-7-8-19(20(11-17)24(26)27)23-12-15(2)9-16(3)13-23/h4-8,10-11,15-16H,9,12-13H2,1-3H3,(H,22,25)/t15-,16+. The van der Waals surface area contributed by atoms with Crippen molar-refractivity contribution in [3.05, 3.63) is 63.7 Å². The molecule has 2 aromatic carbocycles. The number of nitrogens with one attached hydrogen (secondary N) is 1. The maximum absolute atomic E-state index is 12.5. The quantitative estimate of drug-likeness (QED) is 0.631. The maximum atomic E-state index is 12.5. The summed E-state index contributed by atoms with van der Waals surface area (Å²) in [6.07, 6.45) is 1.13. The molecule has 142 valence electrons. The van der Waals surface area contributed by atoms with Crippen LogP contribution in [-0.2, 0) is 0 Å². The van der Waals surface area contributed by atoms with Gasteiger partial charge in [-0.25, -0.2) is 0 Å². The highest BCUT2D eigenvalue weighted by molar-refractivity contribution is 6.05. The van der Waals surface area contributed by atoms with Crippen molar-refractivity contribution in [1.29, 1.82) is 0 Å². The molecule has 0 spiro atoms. The third kappa shape index (κ3) is 4.45. The zero-order chi connectivity index (χ0) is 19.6. The molecule has 0 saturated carbocycles. The molecule has 0 aromatic heterocycles. The Hall–Kier alpha value is -2.89. The average Bonchev–Trinajstić information content (AvgIpc) is 2.60. The third-order valence-corrected chi connectivity index (χ3v) is 4.92. The summed E-state index contributed by atoms with van der Waals surface area (Å²) in [7, 11) is 0. The van der Waals surface area contributed by atoms with E-state index in [4.69, 9.17) is 0 Å². The molecule has 6 heteroatoms. The lowest BCUT2D eigenvalue weighted by Crippen LogP contribution is -2.39. The maximum Gasteiger partial charge on any atom is 0.293 e. The Kier molecular flexibility index (Phi) is 5.44. The second-order valence-corrected chi connectivity index (χ2v) is 7.64. The number of piperidine rings is 1. The van der Waals surface area contributed by atoms with Crippen molar-refractivity contribution in [1.82, 2.24) is 0 Å². The molecule has 0 radical (unpaired) electrons. The Labute approximate surface area is 159 Å². The van der Waals surface area contributed by atoms with E-state index in [0.717, 1.165) is 25.1 Å². The molecule has 0 unspecified atom stereocenters. The highest BCUT2D eigenvalue weighted by Gasteiger charge is 2.27. The number of hydrogen-bond donors (Lipinski definition) is 1. The van der Waals surface area contributed by atoms with Gasteiger partial charge in [-0.1, -0.05) is 26.0 Å². The van der Waals surface area contributed by atoms with Crippen LogP contribution in [0.2, 0.25) is 0 Å². The average molecular weight is 367 g/mol. The molecule has 0 aliphatic carbocycles. The van der Waals surface area contributed by atoms with Crippen LogP contribution in [0.25, 0.3) is 0 Å². The summed E-state index contributed by atoms with van der Waals surface area (Å²) < 4.78 is 0. The normalized spacial score (nSPS) is 19.6. The van der Waals surface area contributed by atoms with Crippen LogP contribution in [0.15, 0.2) is 42.5 Å². The molecule has 0 bridgehead atoms. The molecular weight excluding hydrogens is 342 g/mol. The van der Waals surface area contributed by atoms with E-state index in [1.807, 2.05) is 25.1 Å². The highest BCUT2D eigenvalue weighted by atomic mass is 16.6. The Morgan fingerprint density at radius 2 is 1.85 bits per heavy atom. The number of carbonyl (C=O) groups excluding carboxylic acids is 1. The van der Waals surface area contributed by atoms with Crippen molar-refractivity contribution in [2.75, 3.05) is 23.3 Å². The first-order chi connectivity index (χ1) is 12.8. The highest BCUT2D eigenvalue weighted by Crippen LogP contribution is 2.34. The van der Waals surface area contributed by atoms with Crippen LogP contribution < -0.4 is 10.2 Å². The number of rotatable bonds is 4. The van der Waals surface area contributed by atoms with Crippen LogP contribution in [0.3, 0.4) is 0 Å². The molecule has 1 amide bonds. The van der Waals surface area contributed by atoms with Crippen LogP contribution in [0.5, 0.6) is 0 Å². The molecule has 1 N–H and O–H groups in total.